The number of hydrogen-bond donors (Lipinski definition) is 1. The average Bonchev–Trinajstić information content (AvgIpc) is 3.24. The number of carbonyl (C=O) groups excluding carboxylic acids is 2. The van der Waals surface area contributed by atoms with Crippen LogP contribution in [-0.4, -0.2) is 76.7 Å². The van der Waals surface area contributed by atoms with Crippen LogP contribution in [0.1, 0.15) is 42.6 Å². The predicted molar refractivity (Wildman–Crippen MR) is 120 cm³/mol. The lowest BCUT2D eigenvalue weighted by atomic mass is 9.91. The van der Waals surface area contributed by atoms with E-state index < -0.39 is 0 Å². The average molecular weight is 427 g/mol. The topological polar surface area (TPSA) is 83.4 Å². The lowest BCUT2D eigenvalue weighted by Crippen LogP contribution is -2.46. The molecule has 2 heterocycles. The monoisotopic (exact) mass is 426 g/mol. The fourth-order valence-corrected chi connectivity index (χ4v) is 4.16. The van der Waals surface area contributed by atoms with Gasteiger partial charge in [0.05, 0.1) is 6.54 Å². The standard InChI is InChI=1S/C23H34N6O2/c1-23(2,15-27(3)4)14-25-21(30)19-9-11-28(12-10-19)22(31)20-7-5-18(6-8-20)13-29-17-24-16-26-29/h5-8,16-17,19H,9-15H2,1-4H3,(H,25,30). The highest BCUT2D eigenvalue weighted by Gasteiger charge is 2.29. The van der Waals surface area contributed by atoms with Crippen LogP contribution in [-0.2, 0) is 11.3 Å². The number of hydrogen-bond acceptors (Lipinski definition) is 5. The Kier molecular flexibility index (Phi) is 7.43. The third kappa shape index (κ3) is 6.62. The molecule has 31 heavy (non-hydrogen) atoms. The second-order valence-electron chi connectivity index (χ2n) is 9.48. The molecule has 1 aromatic heterocycles. The van der Waals surface area contributed by atoms with Gasteiger partial charge in [-0.15, -0.1) is 0 Å². The molecule has 0 bridgehead atoms. The van der Waals surface area contributed by atoms with Crippen molar-refractivity contribution >= 4 is 11.8 Å². The van der Waals surface area contributed by atoms with Crippen LogP contribution in [0, 0.1) is 11.3 Å². The Hall–Kier alpha value is -2.74. The summed E-state index contributed by atoms with van der Waals surface area (Å²) < 4.78 is 1.74. The van der Waals surface area contributed by atoms with Crippen molar-refractivity contribution in [2.75, 3.05) is 40.3 Å². The Morgan fingerprint density at radius 1 is 1.16 bits per heavy atom. The van der Waals surface area contributed by atoms with E-state index in [1.807, 2.05) is 43.3 Å². The summed E-state index contributed by atoms with van der Waals surface area (Å²) in [5.41, 5.74) is 1.76. The smallest absolute Gasteiger partial charge is 0.253 e. The zero-order chi connectivity index (χ0) is 22.4. The third-order valence-electron chi connectivity index (χ3n) is 5.65. The summed E-state index contributed by atoms with van der Waals surface area (Å²) in [5, 5.41) is 7.22. The van der Waals surface area contributed by atoms with E-state index >= 15 is 0 Å². The molecule has 1 fully saturated rings. The number of benzene rings is 1. The molecule has 1 N–H and O–H groups in total. The molecule has 2 amide bonds. The Labute approximate surface area is 184 Å². The van der Waals surface area contributed by atoms with E-state index in [2.05, 4.69) is 34.1 Å². The predicted octanol–water partition coefficient (Wildman–Crippen LogP) is 1.88. The SMILES string of the molecule is CN(C)CC(C)(C)CNC(=O)C1CCN(C(=O)c2ccc(Cn3cncn3)cc2)CC1. The van der Waals surface area contributed by atoms with Gasteiger partial charge in [-0.3, -0.25) is 9.59 Å². The lowest BCUT2D eigenvalue weighted by molar-refractivity contribution is -0.126. The van der Waals surface area contributed by atoms with Crippen molar-refractivity contribution in [1.82, 2.24) is 29.9 Å². The van der Waals surface area contributed by atoms with Crippen LogP contribution in [0.25, 0.3) is 0 Å². The molecule has 0 aliphatic carbocycles. The van der Waals surface area contributed by atoms with Crippen LogP contribution in [0.4, 0.5) is 0 Å². The summed E-state index contributed by atoms with van der Waals surface area (Å²) in [4.78, 5) is 33.4. The number of piperidine rings is 1. The number of aromatic nitrogens is 3. The normalized spacial score (nSPS) is 15.3. The van der Waals surface area contributed by atoms with Gasteiger partial charge in [-0.05, 0) is 50.0 Å². The molecule has 8 heteroatoms. The number of nitrogens with one attached hydrogen (secondary N) is 1. The highest BCUT2D eigenvalue weighted by atomic mass is 16.2. The van der Waals surface area contributed by atoms with Crippen LogP contribution in [0.3, 0.4) is 0 Å². The number of rotatable bonds is 8. The highest BCUT2D eigenvalue weighted by Crippen LogP contribution is 2.21. The summed E-state index contributed by atoms with van der Waals surface area (Å²) >= 11 is 0. The minimum absolute atomic E-state index is 0.0237. The first-order valence-corrected chi connectivity index (χ1v) is 10.9. The van der Waals surface area contributed by atoms with Gasteiger partial charge in [0.25, 0.3) is 5.91 Å². The van der Waals surface area contributed by atoms with E-state index in [-0.39, 0.29) is 23.1 Å². The third-order valence-corrected chi connectivity index (χ3v) is 5.65. The summed E-state index contributed by atoms with van der Waals surface area (Å²) in [5.74, 6) is 0.110. The van der Waals surface area contributed by atoms with Crippen LogP contribution < -0.4 is 5.32 Å². The molecule has 0 atom stereocenters. The maximum Gasteiger partial charge on any atom is 0.253 e. The second-order valence-corrected chi connectivity index (χ2v) is 9.48. The molecular weight excluding hydrogens is 392 g/mol. The van der Waals surface area contributed by atoms with Gasteiger partial charge >= 0.3 is 0 Å². The van der Waals surface area contributed by atoms with Crippen molar-refractivity contribution in [1.29, 1.82) is 0 Å². The largest absolute Gasteiger partial charge is 0.355 e. The summed E-state index contributed by atoms with van der Waals surface area (Å²) in [6.07, 6.45) is 4.58. The minimum Gasteiger partial charge on any atom is -0.355 e. The first kappa shape index (κ1) is 22.9. The number of likely N-dealkylation sites (tertiary alicyclic amines) is 1. The van der Waals surface area contributed by atoms with Crippen molar-refractivity contribution in [3.05, 3.63) is 48.0 Å². The van der Waals surface area contributed by atoms with Crippen molar-refractivity contribution in [2.45, 2.75) is 33.2 Å². The quantitative estimate of drug-likeness (QED) is 0.697. The van der Waals surface area contributed by atoms with Crippen LogP contribution in [0.15, 0.2) is 36.9 Å². The van der Waals surface area contributed by atoms with Crippen LogP contribution >= 0.6 is 0 Å². The molecule has 1 saturated heterocycles. The molecule has 2 aromatic rings. The van der Waals surface area contributed by atoms with Gasteiger partial charge in [0, 0.05) is 37.7 Å². The van der Waals surface area contributed by atoms with E-state index in [0.717, 1.165) is 12.1 Å². The van der Waals surface area contributed by atoms with Crippen molar-refractivity contribution in [3.63, 3.8) is 0 Å². The van der Waals surface area contributed by atoms with Crippen molar-refractivity contribution in [3.8, 4) is 0 Å². The molecule has 0 unspecified atom stereocenters. The first-order chi connectivity index (χ1) is 14.7. The van der Waals surface area contributed by atoms with Crippen LogP contribution in [0.5, 0.6) is 0 Å². The Morgan fingerprint density at radius 2 is 1.84 bits per heavy atom. The number of amides is 2. The zero-order valence-corrected chi connectivity index (χ0v) is 19.0. The maximum absolute atomic E-state index is 12.9. The first-order valence-electron chi connectivity index (χ1n) is 10.9. The van der Waals surface area contributed by atoms with Crippen molar-refractivity contribution in [2.24, 2.45) is 11.3 Å². The Balaban J connectivity index is 1.46. The molecule has 0 saturated carbocycles. The Bertz CT molecular complexity index is 853. The molecule has 8 nitrogen and oxygen atoms in total. The van der Waals surface area contributed by atoms with Crippen LogP contribution in [0.2, 0.25) is 0 Å². The van der Waals surface area contributed by atoms with Gasteiger partial charge < -0.3 is 15.1 Å². The summed E-state index contributed by atoms with van der Waals surface area (Å²) in [6.45, 7) is 7.73. The minimum atomic E-state index is -0.0238. The van der Waals surface area contributed by atoms with Gasteiger partial charge in [-0.25, -0.2) is 9.67 Å². The number of carbonyl (C=O) groups is 2. The van der Waals surface area contributed by atoms with E-state index in [0.29, 0.717) is 44.6 Å². The summed E-state index contributed by atoms with van der Waals surface area (Å²) in [7, 11) is 4.08. The molecule has 0 radical (unpaired) electrons. The van der Waals surface area contributed by atoms with Gasteiger partial charge in [0.2, 0.25) is 5.91 Å². The molecule has 1 aliphatic heterocycles. The van der Waals surface area contributed by atoms with Gasteiger partial charge in [-0.1, -0.05) is 26.0 Å². The lowest BCUT2D eigenvalue weighted by Gasteiger charge is -2.33. The molecule has 168 valence electrons. The molecular formula is C23H34N6O2. The zero-order valence-electron chi connectivity index (χ0n) is 19.0. The van der Waals surface area contributed by atoms with Gasteiger partial charge in [-0.2, -0.15) is 5.10 Å². The van der Waals surface area contributed by atoms with Gasteiger partial charge in [0.15, 0.2) is 0 Å². The molecule has 1 aliphatic rings. The molecule has 3 rings (SSSR count). The Morgan fingerprint density at radius 3 is 2.42 bits per heavy atom. The molecule has 1 aromatic carbocycles. The van der Waals surface area contributed by atoms with E-state index in [9.17, 15) is 9.59 Å². The molecule has 0 spiro atoms. The fraction of sp³-hybridized carbons (Fsp3) is 0.565. The number of nitrogens with zero attached hydrogens (tertiary/aromatic N) is 5. The maximum atomic E-state index is 12.9. The highest BCUT2D eigenvalue weighted by molar-refractivity contribution is 5.94. The van der Waals surface area contributed by atoms with E-state index in [1.165, 1.54) is 6.33 Å². The van der Waals surface area contributed by atoms with E-state index in [1.54, 1.807) is 11.0 Å². The second kappa shape index (κ2) is 10.0. The van der Waals surface area contributed by atoms with Gasteiger partial charge in [0.1, 0.15) is 12.7 Å². The summed E-state index contributed by atoms with van der Waals surface area (Å²) in [6, 6.07) is 7.62. The fourth-order valence-electron chi connectivity index (χ4n) is 4.16. The van der Waals surface area contributed by atoms with Crippen molar-refractivity contribution < 1.29 is 9.59 Å². The van der Waals surface area contributed by atoms with E-state index in [4.69, 9.17) is 0 Å².